The molecule has 0 aromatic heterocycles. The lowest BCUT2D eigenvalue weighted by Gasteiger charge is -2.24. The van der Waals surface area contributed by atoms with Gasteiger partial charge in [-0.2, -0.15) is 0 Å². The van der Waals surface area contributed by atoms with E-state index in [1.165, 1.54) is 7.11 Å². The summed E-state index contributed by atoms with van der Waals surface area (Å²) >= 11 is 0. The van der Waals surface area contributed by atoms with Gasteiger partial charge in [-0.25, -0.2) is 0 Å². The summed E-state index contributed by atoms with van der Waals surface area (Å²) in [6.07, 6.45) is 0.566. The molecule has 0 heterocycles. The Morgan fingerprint density at radius 2 is 2.12 bits per heavy atom. The molecule has 17 heavy (non-hydrogen) atoms. The predicted molar refractivity (Wildman–Crippen MR) is 66.5 cm³/mol. The highest BCUT2D eigenvalue weighted by atomic mass is 16.6. The zero-order valence-electron chi connectivity index (χ0n) is 10.6. The van der Waals surface area contributed by atoms with Crippen LogP contribution in [-0.4, -0.2) is 24.6 Å². The maximum atomic E-state index is 11.1. The van der Waals surface area contributed by atoms with E-state index in [1.54, 1.807) is 18.2 Å². The number of methoxy groups -OCH3 is 1. The van der Waals surface area contributed by atoms with Crippen LogP contribution >= 0.6 is 0 Å². The Morgan fingerprint density at radius 3 is 2.59 bits per heavy atom. The minimum atomic E-state index is -0.389. The quantitative estimate of drug-likeness (QED) is 0.630. The number of para-hydroxylation sites is 1. The molecule has 0 aliphatic carbocycles. The fraction of sp³-hybridized carbons (Fsp3) is 0.500. The first-order chi connectivity index (χ1) is 7.91. The van der Waals surface area contributed by atoms with Gasteiger partial charge in [0.2, 0.25) is 0 Å². The van der Waals surface area contributed by atoms with Gasteiger partial charge in [0.25, 0.3) is 0 Å². The normalized spacial score (nSPS) is 11.3. The number of likely N-dealkylation sites (N-methyl/N-ethyl adjacent to an activating group) is 1. The molecule has 1 rings (SSSR count). The van der Waals surface area contributed by atoms with Crippen LogP contribution in [0.15, 0.2) is 18.2 Å². The van der Waals surface area contributed by atoms with Crippen LogP contribution in [0.25, 0.3) is 0 Å². The Hall–Kier alpha value is -1.62. The highest BCUT2D eigenvalue weighted by Crippen LogP contribution is 2.32. The topological polar surface area (TPSA) is 64.4 Å². The fourth-order valence-electron chi connectivity index (χ4n) is 1.65. The average molecular weight is 238 g/mol. The van der Waals surface area contributed by atoms with Crippen molar-refractivity contribution in [1.29, 1.82) is 0 Å². The molecule has 0 unspecified atom stereocenters. The second-order valence-electron chi connectivity index (χ2n) is 4.54. The Morgan fingerprint density at radius 1 is 1.47 bits per heavy atom. The van der Waals surface area contributed by atoms with E-state index in [0.29, 0.717) is 17.7 Å². The van der Waals surface area contributed by atoms with Crippen molar-refractivity contribution in [2.45, 2.75) is 25.8 Å². The monoisotopic (exact) mass is 238 g/mol. The van der Waals surface area contributed by atoms with E-state index in [2.05, 4.69) is 5.32 Å². The summed E-state index contributed by atoms with van der Waals surface area (Å²) in [7, 11) is 3.28. The van der Waals surface area contributed by atoms with Gasteiger partial charge < -0.3 is 10.1 Å². The van der Waals surface area contributed by atoms with Gasteiger partial charge in [-0.1, -0.05) is 12.1 Å². The Kier molecular flexibility index (Phi) is 4.07. The lowest BCUT2D eigenvalue weighted by Crippen LogP contribution is -2.38. The van der Waals surface area contributed by atoms with E-state index in [1.807, 2.05) is 20.9 Å². The summed E-state index contributed by atoms with van der Waals surface area (Å²) in [4.78, 5) is 10.7. The highest BCUT2D eigenvalue weighted by Gasteiger charge is 2.25. The maximum Gasteiger partial charge on any atom is 0.314 e. The van der Waals surface area contributed by atoms with Gasteiger partial charge in [-0.15, -0.1) is 0 Å². The highest BCUT2D eigenvalue weighted by molar-refractivity contribution is 5.53. The molecular weight excluding hydrogens is 220 g/mol. The van der Waals surface area contributed by atoms with Gasteiger partial charge in [0, 0.05) is 11.1 Å². The summed E-state index contributed by atoms with van der Waals surface area (Å²) in [5.74, 6) is 0.305. The smallest absolute Gasteiger partial charge is 0.314 e. The van der Waals surface area contributed by atoms with Crippen LogP contribution in [0.2, 0.25) is 0 Å². The molecule has 1 aromatic rings. The molecule has 0 aliphatic heterocycles. The van der Waals surface area contributed by atoms with Crippen LogP contribution in [0.4, 0.5) is 5.69 Å². The summed E-state index contributed by atoms with van der Waals surface area (Å²) in [6.45, 7) is 3.99. The zero-order valence-corrected chi connectivity index (χ0v) is 10.6. The third kappa shape index (κ3) is 3.17. The minimum Gasteiger partial charge on any atom is -0.490 e. The molecule has 5 heteroatoms. The molecule has 1 N–H and O–H groups in total. The van der Waals surface area contributed by atoms with Crippen LogP contribution in [0.3, 0.4) is 0 Å². The largest absolute Gasteiger partial charge is 0.490 e. The number of rotatable bonds is 5. The molecule has 0 saturated heterocycles. The average Bonchev–Trinajstić information content (AvgIpc) is 2.27. The number of hydrogen-bond donors (Lipinski definition) is 1. The van der Waals surface area contributed by atoms with Gasteiger partial charge in [-0.3, -0.25) is 10.1 Å². The summed E-state index contributed by atoms with van der Waals surface area (Å²) in [5.41, 5.74) is 0.531. The van der Waals surface area contributed by atoms with Crippen LogP contribution < -0.4 is 10.1 Å². The standard InChI is InChI=1S/C12H18N2O3/c1-12(2,13-3)8-9-6-5-7-10(17-4)11(9)14(15)16/h5-7,13H,8H2,1-4H3. The second kappa shape index (κ2) is 5.14. The van der Waals surface area contributed by atoms with Crippen molar-refractivity contribution in [2.75, 3.05) is 14.2 Å². The Balaban J connectivity index is 3.19. The molecule has 0 atom stereocenters. The summed E-state index contributed by atoms with van der Waals surface area (Å²) in [5, 5.41) is 14.2. The molecule has 1 aromatic carbocycles. The molecule has 0 bridgehead atoms. The van der Waals surface area contributed by atoms with Gasteiger partial charge >= 0.3 is 5.69 Å². The van der Waals surface area contributed by atoms with Crippen LogP contribution in [-0.2, 0) is 6.42 Å². The maximum absolute atomic E-state index is 11.1. The number of nitro benzene ring substituents is 1. The van der Waals surface area contributed by atoms with E-state index in [0.717, 1.165) is 0 Å². The van der Waals surface area contributed by atoms with Crippen molar-refractivity contribution in [2.24, 2.45) is 0 Å². The van der Waals surface area contributed by atoms with Crippen molar-refractivity contribution < 1.29 is 9.66 Å². The second-order valence-corrected chi connectivity index (χ2v) is 4.54. The van der Waals surface area contributed by atoms with Gasteiger partial charge in [0.1, 0.15) is 0 Å². The first-order valence-corrected chi connectivity index (χ1v) is 5.40. The molecule has 0 radical (unpaired) electrons. The fourth-order valence-corrected chi connectivity index (χ4v) is 1.65. The van der Waals surface area contributed by atoms with E-state index < -0.39 is 0 Å². The van der Waals surface area contributed by atoms with Crippen molar-refractivity contribution in [3.63, 3.8) is 0 Å². The SMILES string of the molecule is CNC(C)(C)Cc1cccc(OC)c1[N+](=O)[O-]. The molecular formula is C12H18N2O3. The van der Waals surface area contributed by atoms with Crippen LogP contribution in [0, 0.1) is 10.1 Å². The molecule has 94 valence electrons. The third-order valence-electron chi connectivity index (χ3n) is 2.79. The molecule has 0 fully saturated rings. The number of nitro groups is 1. The van der Waals surface area contributed by atoms with E-state index in [-0.39, 0.29) is 16.1 Å². The van der Waals surface area contributed by atoms with E-state index in [9.17, 15) is 10.1 Å². The number of benzene rings is 1. The summed E-state index contributed by atoms with van der Waals surface area (Å²) < 4.78 is 5.03. The third-order valence-corrected chi connectivity index (χ3v) is 2.79. The summed E-state index contributed by atoms with van der Waals surface area (Å²) in [6, 6.07) is 5.14. The molecule has 0 saturated carbocycles. The first kappa shape index (κ1) is 13.4. The lowest BCUT2D eigenvalue weighted by atomic mass is 9.94. The van der Waals surface area contributed by atoms with Crippen LogP contribution in [0.5, 0.6) is 5.75 Å². The van der Waals surface area contributed by atoms with Crippen LogP contribution in [0.1, 0.15) is 19.4 Å². The number of nitrogens with one attached hydrogen (secondary N) is 1. The molecule has 5 nitrogen and oxygen atoms in total. The lowest BCUT2D eigenvalue weighted by molar-refractivity contribution is -0.386. The number of ether oxygens (including phenoxy) is 1. The van der Waals surface area contributed by atoms with Gasteiger partial charge in [0.15, 0.2) is 5.75 Å². The van der Waals surface area contributed by atoms with E-state index in [4.69, 9.17) is 4.74 Å². The Labute approximate surface area is 101 Å². The molecule has 0 amide bonds. The molecule has 0 spiro atoms. The molecule has 0 aliphatic rings. The Bertz CT molecular complexity index is 416. The zero-order chi connectivity index (χ0) is 13.1. The first-order valence-electron chi connectivity index (χ1n) is 5.40. The minimum absolute atomic E-state index is 0.0540. The number of nitrogens with zero attached hydrogens (tertiary/aromatic N) is 1. The van der Waals surface area contributed by atoms with Crippen molar-refractivity contribution in [3.05, 3.63) is 33.9 Å². The number of hydrogen-bond acceptors (Lipinski definition) is 4. The van der Waals surface area contributed by atoms with Gasteiger partial charge in [0.05, 0.1) is 12.0 Å². The predicted octanol–water partition coefficient (Wildman–Crippen LogP) is 2.14. The van der Waals surface area contributed by atoms with E-state index >= 15 is 0 Å². The van der Waals surface area contributed by atoms with Crippen molar-refractivity contribution in [1.82, 2.24) is 5.32 Å². The van der Waals surface area contributed by atoms with Gasteiger partial charge in [-0.05, 0) is 33.4 Å². The van der Waals surface area contributed by atoms with Crippen molar-refractivity contribution >= 4 is 5.69 Å². The van der Waals surface area contributed by atoms with Crippen molar-refractivity contribution in [3.8, 4) is 5.75 Å².